The van der Waals surface area contributed by atoms with Gasteiger partial charge in [0, 0.05) is 13.2 Å². The third-order valence-corrected chi connectivity index (χ3v) is 6.82. The number of nitrogens with zero attached hydrogens (tertiary/aromatic N) is 2. The molecule has 0 aromatic heterocycles. The third-order valence-electron chi connectivity index (χ3n) is 6.82. The summed E-state index contributed by atoms with van der Waals surface area (Å²) in [7, 11) is 0. The van der Waals surface area contributed by atoms with Gasteiger partial charge < -0.3 is 14.4 Å². The Morgan fingerprint density at radius 2 is 1.64 bits per heavy atom. The minimum atomic E-state index is 0.229. The molecule has 0 radical (unpaired) electrons. The number of likely N-dealkylation sites (tertiary alicyclic amines) is 1. The molecule has 0 spiro atoms. The Labute approximate surface area is 197 Å². The third kappa shape index (κ3) is 5.23. The topological polar surface area (TPSA) is 24.9 Å². The molecule has 2 atom stereocenters. The zero-order chi connectivity index (χ0) is 22.5. The summed E-state index contributed by atoms with van der Waals surface area (Å²) in [5, 5.41) is 0. The van der Waals surface area contributed by atoms with Gasteiger partial charge in [0.15, 0.2) is 0 Å². The number of hydrogen-bond donors (Lipinski definition) is 0. The zero-order valence-corrected chi connectivity index (χ0v) is 19.5. The molecule has 4 nitrogen and oxygen atoms in total. The molecule has 0 bridgehead atoms. The molecule has 2 aliphatic carbocycles. The lowest BCUT2D eigenvalue weighted by atomic mass is 10.0. The minimum absolute atomic E-state index is 0.229. The number of rotatable bonds is 7. The van der Waals surface area contributed by atoms with Crippen LogP contribution in [0.1, 0.15) is 31.4 Å². The van der Waals surface area contributed by atoms with Crippen LogP contribution in [-0.4, -0.2) is 50.4 Å². The number of fused-ring (bicyclic) bond motifs is 2. The van der Waals surface area contributed by atoms with Crippen LogP contribution in [0.25, 0.3) is 11.1 Å². The molecule has 172 valence electrons. The van der Waals surface area contributed by atoms with Gasteiger partial charge in [0.2, 0.25) is 0 Å². The summed E-state index contributed by atoms with van der Waals surface area (Å²) >= 11 is 0. The molecule has 0 N–H and O–H groups in total. The molecule has 33 heavy (non-hydrogen) atoms. The summed E-state index contributed by atoms with van der Waals surface area (Å²) in [6.45, 7) is 7.64. The van der Waals surface area contributed by atoms with Gasteiger partial charge in [-0.3, -0.25) is 4.90 Å². The molecule has 1 saturated heterocycles. The van der Waals surface area contributed by atoms with Gasteiger partial charge in [-0.1, -0.05) is 60.7 Å². The highest BCUT2D eigenvalue weighted by Crippen LogP contribution is 2.39. The van der Waals surface area contributed by atoms with Crippen LogP contribution in [-0.2, 0) is 4.74 Å². The lowest BCUT2D eigenvalue weighted by Gasteiger charge is -2.42. The summed E-state index contributed by atoms with van der Waals surface area (Å²) in [5.74, 6) is 0.987. The van der Waals surface area contributed by atoms with Crippen molar-refractivity contribution in [1.82, 2.24) is 4.90 Å². The lowest BCUT2D eigenvalue weighted by Crippen LogP contribution is -2.48. The van der Waals surface area contributed by atoms with E-state index in [1.54, 1.807) is 0 Å². The van der Waals surface area contributed by atoms with Crippen LogP contribution in [0.2, 0.25) is 0 Å². The summed E-state index contributed by atoms with van der Waals surface area (Å²) < 4.78 is 12.0. The first-order valence-electron chi connectivity index (χ1n) is 12.3. The number of hydrogen-bond acceptors (Lipinski definition) is 4. The van der Waals surface area contributed by atoms with Crippen molar-refractivity contribution in [2.45, 2.75) is 31.8 Å². The molecule has 1 fully saturated rings. The normalized spacial score (nSPS) is 19.2. The number of benzene rings is 3. The predicted molar refractivity (Wildman–Crippen MR) is 135 cm³/mol. The van der Waals surface area contributed by atoms with Crippen LogP contribution >= 0.6 is 0 Å². The van der Waals surface area contributed by atoms with E-state index in [1.807, 2.05) is 0 Å². The highest BCUT2D eigenvalue weighted by atomic mass is 16.5. The smallest absolute Gasteiger partial charge is 0.142 e. The first-order chi connectivity index (χ1) is 16.3. The fourth-order valence-electron chi connectivity index (χ4n) is 4.96. The van der Waals surface area contributed by atoms with Crippen molar-refractivity contribution < 1.29 is 9.47 Å². The van der Waals surface area contributed by atoms with Crippen LogP contribution in [0.4, 0.5) is 5.69 Å². The van der Waals surface area contributed by atoms with E-state index in [1.165, 1.54) is 48.3 Å². The van der Waals surface area contributed by atoms with E-state index in [4.69, 9.17) is 9.47 Å². The van der Waals surface area contributed by atoms with Crippen molar-refractivity contribution in [2.75, 3.05) is 44.4 Å². The molecule has 2 aromatic carbocycles. The SMILES string of the molecule is CCOCC(CN1c2ccccc2OCC1c1ccccc1)N1CCCC1.c1cc2cc-2c1. The van der Waals surface area contributed by atoms with Gasteiger partial charge in [-0.15, -0.1) is 0 Å². The molecular weight excluding hydrogens is 408 g/mol. The first-order valence-corrected chi connectivity index (χ1v) is 12.3. The monoisotopic (exact) mass is 442 g/mol. The standard InChI is InChI=1S/C23H30N2O2.C6H4/c1-2-26-17-20(24-14-8-9-15-24)16-25-21-12-6-7-13-23(21)27-18-22(25)19-10-4-3-5-11-19;1-2-5-4-6(5)3-1/h3-7,10-13,20,22H,2,8-9,14-18H2,1H3;1-4H. The van der Waals surface area contributed by atoms with Crippen LogP contribution in [0.5, 0.6) is 5.75 Å². The quantitative estimate of drug-likeness (QED) is 0.361. The zero-order valence-electron chi connectivity index (χ0n) is 19.5. The Morgan fingerprint density at radius 3 is 2.30 bits per heavy atom. The molecule has 2 heterocycles. The molecular formula is C29H34N2O2. The van der Waals surface area contributed by atoms with Gasteiger partial charge in [0.1, 0.15) is 12.4 Å². The fraction of sp³-hybridized carbons (Fsp3) is 0.379. The van der Waals surface area contributed by atoms with E-state index in [0.717, 1.165) is 25.5 Å². The summed E-state index contributed by atoms with van der Waals surface area (Å²) in [6, 6.07) is 28.3. The summed E-state index contributed by atoms with van der Waals surface area (Å²) in [5.41, 5.74) is 5.35. The Bertz CT molecular complexity index is 1020. The van der Waals surface area contributed by atoms with E-state index in [9.17, 15) is 0 Å². The van der Waals surface area contributed by atoms with E-state index >= 15 is 0 Å². The molecule has 2 aromatic rings. The summed E-state index contributed by atoms with van der Waals surface area (Å²) in [4.78, 5) is 5.14. The van der Waals surface area contributed by atoms with Crippen molar-refractivity contribution in [3.63, 3.8) is 0 Å². The van der Waals surface area contributed by atoms with Crippen LogP contribution in [0, 0.1) is 0 Å². The second-order valence-electron chi connectivity index (χ2n) is 8.99. The van der Waals surface area contributed by atoms with Crippen molar-refractivity contribution in [3.8, 4) is 16.9 Å². The summed E-state index contributed by atoms with van der Waals surface area (Å²) in [6.07, 6.45) is 2.59. The van der Waals surface area contributed by atoms with E-state index < -0.39 is 0 Å². The average Bonchev–Trinajstić information content (AvgIpc) is 3.23. The molecule has 2 unspecified atom stereocenters. The van der Waals surface area contributed by atoms with Gasteiger partial charge in [-0.05, 0) is 67.7 Å². The van der Waals surface area contributed by atoms with E-state index in [0.29, 0.717) is 12.6 Å². The second-order valence-corrected chi connectivity index (χ2v) is 8.99. The Morgan fingerprint density at radius 1 is 0.909 bits per heavy atom. The van der Waals surface area contributed by atoms with Crippen molar-refractivity contribution in [2.24, 2.45) is 0 Å². The Balaban J connectivity index is 0.000000324. The van der Waals surface area contributed by atoms with Gasteiger partial charge in [0.25, 0.3) is 0 Å². The van der Waals surface area contributed by atoms with Crippen LogP contribution in [0.3, 0.4) is 0 Å². The maximum absolute atomic E-state index is 6.12. The molecule has 0 amide bonds. The first kappa shape index (κ1) is 22.0. The Hall–Kier alpha value is -2.82. The minimum Gasteiger partial charge on any atom is -0.489 e. The largest absolute Gasteiger partial charge is 0.489 e. The van der Waals surface area contributed by atoms with Crippen molar-refractivity contribution >= 4 is 5.69 Å². The van der Waals surface area contributed by atoms with Crippen LogP contribution in [0.15, 0.2) is 78.9 Å². The highest BCUT2D eigenvalue weighted by molar-refractivity contribution is 5.80. The van der Waals surface area contributed by atoms with Gasteiger partial charge in [-0.25, -0.2) is 0 Å². The second kappa shape index (κ2) is 10.4. The number of anilines is 1. The molecule has 4 heteroatoms. The molecule has 0 saturated carbocycles. The van der Waals surface area contributed by atoms with Gasteiger partial charge >= 0.3 is 0 Å². The molecule has 6 rings (SSSR count). The maximum Gasteiger partial charge on any atom is 0.142 e. The fourth-order valence-corrected chi connectivity index (χ4v) is 4.96. The van der Waals surface area contributed by atoms with Crippen molar-refractivity contribution in [1.29, 1.82) is 0 Å². The number of ether oxygens (including phenoxy) is 2. The number of para-hydroxylation sites is 2. The predicted octanol–water partition coefficient (Wildman–Crippen LogP) is 5.79. The lowest BCUT2D eigenvalue weighted by molar-refractivity contribution is 0.0771. The molecule has 4 aliphatic rings. The Kier molecular flexibility index (Phi) is 6.94. The maximum atomic E-state index is 6.12. The van der Waals surface area contributed by atoms with Gasteiger partial charge in [0.05, 0.1) is 24.4 Å². The molecule has 2 aliphatic heterocycles. The van der Waals surface area contributed by atoms with E-state index in [2.05, 4.69) is 95.6 Å². The van der Waals surface area contributed by atoms with Crippen LogP contribution < -0.4 is 9.64 Å². The highest BCUT2D eigenvalue weighted by Gasteiger charge is 2.32. The van der Waals surface area contributed by atoms with Crippen molar-refractivity contribution in [3.05, 3.63) is 84.4 Å². The average molecular weight is 443 g/mol. The van der Waals surface area contributed by atoms with E-state index in [-0.39, 0.29) is 6.04 Å². The van der Waals surface area contributed by atoms with Gasteiger partial charge in [-0.2, -0.15) is 0 Å².